The van der Waals surface area contributed by atoms with E-state index in [9.17, 15) is 0 Å². The molecule has 0 aliphatic rings. The largest absolute Gasteiger partial charge is 0.462 e. The smallest absolute Gasteiger partial charge is 0.296 e. The van der Waals surface area contributed by atoms with Crippen LogP contribution in [0.2, 0.25) is 0 Å². The van der Waals surface area contributed by atoms with Gasteiger partial charge in [-0.15, -0.1) is 5.10 Å². The Labute approximate surface area is 95.3 Å². The van der Waals surface area contributed by atoms with Gasteiger partial charge in [-0.25, -0.2) is 0 Å². The topological polar surface area (TPSA) is 97.7 Å². The number of nitriles is 1. The van der Waals surface area contributed by atoms with E-state index >= 15 is 0 Å². The van der Waals surface area contributed by atoms with Crippen molar-refractivity contribution in [3.05, 3.63) is 29.6 Å². The highest BCUT2D eigenvalue weighted by molar-refractivity contribution is 7.16. The normalized spacial score (nSPS) is 9.69. The molecule has 6 nitrogen and oxygen atoms in total. The third-order valence-electron chi connectivity index (χ3n) is 1.72. The Kier molecular flexibility index (Phi) is 2.93. The summed E-state index contributed by atoms with van der Waals surface area (Å²) < 4.78 is 5.31. The van der Waals surface area contributed by atoms with Crippen LogP contribution < -0.4 is 10.5 Å². The highest BCUT2D eigenvalue weighted by atomic mass is 32.1. The molecule has 0 atom stereocenters. The molecule has 2 heterocycles. The van der Waals surface area contributed by atoms with Gasteiger partial charge in [0.15, 0.2) is 0 Å². The molecule has 7 heteroatoms. The summed E-state index contributed by atoms with van der Waals surface area (Å²) in [5.74, 6) is 0. The molecule has 2 aromatic rings. The van der Waals surface area contributed by atoms with Crippen molar-refractivity contribution >= 4 is 16.5 Å². The lowest BCUT2D eigenvalue weighted by atomic mass is 10.3. The molecule has 0 radical (unpaired) electrons. The number of nitrogen functional groups attached to an aromatic ring is 1. The Bertz CT molecular complexity index is 515. The van der Waals surface area contributed by atoms with E-state index in [4.69, 9.17) is 15.7 Å². The maximum absolute atomic E-state index is 8.59. The lowest BCUT2D eigenvalue weighted by Crippen LogP contribution is -1.97. The zero-order valence-electron chi connectivity index (χ0n) is 8.12. The number of pyridine rings is 1. The first-order valence-corrected chi connectivity index (χ1v) is 5.16. The Balaban J connectivity index is 1.97. The van der Waals surface area contributed by atoms with Gasteiger partial charge in [-0.3, -0.25) is 4.98 Å². The second kappa shape index (κ2) is 4.55. The number of hydrogen-bond acceptors (Lipinski definition) is 7. The monoisotopic (exact) mass is 233 g/mol. The average molecular weight is 233 g/mol. The fourth-order valence-electron chi connectivity index (χ4n) is 0.990. The van der Waals surface area contributed by atoms with Gasteiger partial charge in [0.25, 0.3) is 5.19 Å². The summed E-state index contributed by atoms with van der Waals surface area (Å²) in [5, 5.41) is 16.7. The van der Waals surface area contributed by atoms with Crippen LogP contribution in [-0.4, -0.2) is 15.2 Å². The molecule has 0 saturated heterocycles. The fraction of sp³-hybridized carbons (Fsp3) is 0.111. The standard InChI is InChI=1S/C9H7N5OS/c10-3-6-1-2-7(12-4-6)5-15-9-14-13-8(11)16-9/h1-2,4H,5H2,(H2,11,13). The summed E-state index contributed by atoms with van der Waals surface area (Å²) in [7, 11) is 0. The van der Waals surface area contributed by atoms with E-state index < -0.39 is 0 Å². The predicted molar refractivity (Wildman–Crippen MR) is 57.6 cm³/mol. The molecule has 2 rings (SSSR count). The first-order valence-electron chi connectivity index (χ1n) is 4.35. The van der Waals surface area contributed by atoms with Crippen LogP contribution in [0, 0.1) is 11.3 Å². The zero-order valence-corrected chi connectivity index (χ0v) is 8.94. The molecule has 80 valence electrons. The van der Waals surface area contributed by atoms with Gasteiger partial charge in [0.05, 0.1) is 11.3 Å². The molecule has 0 aromatic carbocycles. The number of nitrogens with zero attached hydrogens (tertiary/aromatic N) is 4. The van der Waals surface area contributed by atoms with Gasteiger partial charge in [0.1, 0.15) is 12.7 Å². The molecule has 2 aromatic heterocycles. The van der Waals surface area contributed by atoms with Crippen LogP contribution >= 0.6 is 11.3 Å². The van der Waals surface area contributed by atoms with E-state index in [1.807, 2.05) is 6.07 Å². The van der Waals surface area contributed by atoms with Gasteiger partial charge in [0, 0.05) is 6.20 Å². The van der Waals surface area contributed by atoms with Crippen molar-refractivity contribution in [2.45, 2.75) is 6.61 Å². The van der Waals surface area contributed by atoms with E-state index in [0.717, 1.165) is 0 Å². The van der Waals surface area contributed by atoms with E-state index in [1.54, 1.807) is 12.1 Å². The maximum Gasteiger partial charge on any atom is 0.296 e. The minimum absolute atomic E-state index is 0.278. The number of aromatic nitrogens is 3. The summed E-state index contributed by atoms with van der Waals surface area (Å²) in [5.41, 5.74) is 6.63. The molecular formula is C9H7N5OS. The third kappa shape index (κ3) is 2.43. The Hall–Kier alpha value is -2.20. The number of anilines is 1. The van der Waals surface area contributed by atoms with E-state index in [1.165, 1.54) is 17.5 Å². The Morgan fingerprint density at radius 3 is 2.88 bits per heavy atom. The van der Waals surface area contributed by atoms with E-state index in [2.05, 4.69) is 15.2 Å². The van der Waals surface area contributed by atoms with Gasteiger partial charge < -0.3 is 10.5 Å². The van der Waals surface area contributed by atoms with Gasteiger partial charge in [-0.05, 0) is 23.5 Å². The second-order valence-electron chi connectivity index (χ2n) is 2.84. The lowest BCUT2D eigenvalue weighted by Gasteiger charge is -2.00. The molecule has 0 aliphatic heterocycles. The van der Waals surface area contributed by atoms with Gasteiger partial charge >= 0.3 is 0 Å². The van der Waals surface area contributed by atoms with Crippen LogP contribution in [0.5, 0.6) is 5.19 Å². The van der Waals surface area contributed by atoms with Crippen LogP contribution in [0.3, 0.4) is 0 Å². The Morgan fingerprint density at radius 1 is 1.44 bits per heavy atom. The van der Waals surface area contributed by atoms with Crippen molar-refractivity contribution in [2.75, 3.05) is 5.73 Å². The molecule has 0 bridgehead atoms. The van der Waals surface area contributed by atoms with Crippen molar-refractivity contribution < 1.29 is 4.74 Å². The van der Waals surface area contributed by atoms with E-state index in [0.29, 0.717) is 21.6 Å². The molecule has 0 spiro atoms. The number of hydrogen-bond donors (Lipinski definition) is 1. The van der Waals surface area contributed by atoms with Crippen molar-refractivity contribution in [2.24, 2.45) is 0 Å². The van der Waals surface area contributed by atoms with E-state index in [-0.39, 0.29) is 6.61 Å². The van der Waals surface area contributed by atoms with Crippen molar-refractivity contribution in [3.63, 3.8) is 0 Å². The highest BCUT2D eigenvalue weighted by Crippen LogP contribution is 2.19. The quantitative estimate of drug-likeness (QED) is 0.848. The highest BCUT2D eigenvalue weighted by Gasteiger charge is 2.02. The maximum atomic E-state index is 8.59. The summed E-state index contributed by atoms with van der Waals surface area (Å²) in [6.07, 6.45) is 1.49. The predicted octanol–water partition coefficient (Wildman–Crippen LogP) is 0.966. The Morgan fingerprint density at radius 2 is 2.31 bits per heavy atom. The molecule has 16 heavy (non-hydrogen) atoms. The summed E-state index contributed by atoms with van der Waals surface area (Å²) in [4.78, 5) is 4.05. The van der Waals surface area contributed by atoms with Crippen LogP contribution in [-0.2, 0) is 6.61 Å². The lowest BCUT2D eigenvalue weighted by molar-refractivity contribution is 0.297. The number of rotatable bonds is 3. The molecule has 2 N–H and O–H groups in total. The molecule has 0 fully saturated rings. The minimum atomic E-state index is 0.278. The molecule has 0 saturated carbocycles. The van der Waals surface area contributed by atoms with Crippen LogP contribution in [0.4, 0.5) is 5.13 Å². The average Bonchev–Trinajstić information content (AvgIpc) is 2.73. The molecule has 0 unspecified atom stereocenters. The fourth-order valence-corrected chi connectivity index (χ4v) is 1.45. The molecule has 0 amide bonds. The first-order chi connectivity index (χ1) is 7.78. The summed E-state index contributed by atoms with van der Waals surface area (Å²) in [6, 6.07) is 5.40. The van der Waals surface area contributed by atoms with Gasteiger partial charge in [-0.1, -0.05) is 5.10 Å². The van der Waals surface area contributed by atoms with Crippen LogP contribution in [0.15, 0.2) is 18.3 Å². The first kappa shape index (κ1) is 10.3. The van der Waals surface area contributed by atoms with Crippen molar-refractivity contribution in [1.29, 1.82) is 5.26 Å². The van der Waals surface area contributed by atoms with Gasteiger partial charge in [-0.2, -0.15) is 5.26 Å². The van der Waals surface area contributed by atoms with Crippen LogP contribution in [0.1, 0.15) is 11.3 Å². The number of nitrogens with two attached hydrogens (primary N) is 1. The zero-order chi connectivity index (χ0) is 11.4. The van der Waals surface area contributed by atoms with Crippen molar-refractivity contribution in [1.82, 2.24) is 15.2 Å². The molecular weight excluding hydrogens is 226 g/mol. The third-order valence-corrected chi connectivity index (χ3v) is 2.38. The number of ether oxygens (including phenoxy) is 1. The van der Waals surface area contributed by atoms with Crippen LogP contribution in [0.25, 0.3) is 0 Å². The van der Waals surface area contributed by atoms with Gasteiger partial charge in [0.2, 0.25) is 5.13 Å². The van der Waals surface area contributed by atoms with Crippen molar-refractivity contribution in [3.8, 4) is 11.3 Å². The summed E-state index contributed by atoms with van der Waals surface area (Å²) >= 11 is 1.17. The minimum Gasteiger partial charge on any atom is -0.462 e. The summed E-state index contributed by atoms with van der Waals surface area (Å²) in [6.45, 7) is 0.278. The second-order valence-corrected chi connectivity index (χ2v) is 3.82. The molecule has 0 aliphatic carbocycles. The SMILES string of the molecule is N#Cc1ccc(COc2nnc(N)s2)nc1.